The number of fused-ring (bicyclic) bond motifs is 1. The van der Waals surface area contributed by atoms with Crippen LogP contribution in [-0.2, 0) is 0 Å². The van der Waals surface area contributed by atoms with E-state index in [1.54, 1.807) is 32.5 Å². The van der Waals surface area contributed by atoms with Crippen LogP contribution >= 0.6 is 0 Å². The molecule has 0 saturated carbocycles. The van der Waals surface area contributed by atoms with Gasteiger partial charge in [0.05, 0.1) is 19.7 Å². The van der Waals surface area contributed by atoms with E-state index in [0.29, 0.717) is 23.3 Å². The molecule has 7 nitrogen and oxygen atoms in total. The zero-order valence-corrected chi connectivity index (χ0v) is 13.6. The summed E-state index contributed by atoms with van der Waals surface area (Å²) in [5.41, 5.74) is 2.19. The van der Waals surface area contributed by atoms with Crippen LogP contribution in [0.1, 0.15) is 0 Å². The standard InChI is InChI=1S/C18H14N4O3/c1-23-13-4-6-14-11(9-13)3-5-15(20-14)17-21-18(25-22-17)12-7-8-19-16(10-12)24-2/h3-10H,1-2H3. The van der Waals surface area contributed by atoms with Gasteiger partial charge in [0.15, 0.2) is 0 Å². The molecule has 0 unspecified atom stereocenters. The molecule has 4 rings (SSSR count). The summed E-state index contributed by atoms with van der Waals surface area (Å²) >= 11 is 0. The van der Waals surface area contributed by atoms with Crippen LogP contribution in [0.15, 0.2) is 53.2 Å². The average Bonchev–Trinajstić information content (AvgIpc) is 3.17. The molecule has 0 radical (unpaired) electrons. The first-order valence-corrected chi connectivity index (χ1v) is 7.56. The number of aromatic nitrogens is 4. The molecule has 3 aromatic heterocycles. The molecule has 4 aromatic rings. The van der Waals surface area contributed by atoms with Crippen molar-refractivity contribution in [3.8, 4) is 34.6 Å². The Hall–Kier alpha value is -3.48. The molecular weight excluding hydrogens is 320 g/mol. The van der Waals surface area contributed by atoms with Crippen molar-refractivity contribution in [1.82, 2.24) is 20.1 Å². The van der Waals surface area contributed by atoms with E-state index < -0.39 is 0 Å². The van der Waals surface area contributed by atoms with Gasteiger partial charge in [-0.05, 0) is 30.3 Å². The molecule has 0 N–H and O–H groups in total. The highest BCUT2D eigenvalue weighted by atomic mass is 16.5. The molecule has 3 heterocycles. The van der Waals surface area contributed by atoms with E-state index >= 15 is 0 Å². The molecular formula is C18H14N4O3. The smallest absolute Gasteiger partial charge is 0.258 e. The van der Waals surface area contributed by atoms with Gasteiger partial charge in [0.25, 0.3) is 5.89 Å². The highest BCUT2D eigenvalue weighted by Gasteiger charge is 2.13. The first-order chi connectivity index (χ1) is 12.3. The SMILES string of the molecule is COc1ccc2nc(-c3noc(-c4ccnc(OC)c4)n3)ccc2c1. The minimum Gasteiger partial charge on any atom is -0.497 e. The molecule has 0 amide bonds. The third-order valence-corrected chi connectivity index (χ3v) is 3.74. The van der Waals surface area contributed by atoms with Gasteiger partial charge < -0.3 is 14.0 Å². The fourth-order valence-electron chi connectivity index (χ4n) is 2.45. The Bertz CT molecular complexity index is 1050. The Balaban J connectivity index is 1.70. The maximum absolute atomic E-state index is 5.35. The van der Waals surface area contributed by atoms with Gasteiger partial charge in [0.1, 0.15) is 11.4 Å². The van der Waals surface area contributed by atoms with Gasteiger partial charge in [-0.2, -0.15) is 4.98 Å². The van der Waals surface area contributed by atoms with Crippen molar-refractivity contribution in [3.63, 3.8) is 0 Å². The van der Waals surface area contributed by atoms with E-state index in [-0.39, 0.29) is 0 Å². The van der Waals surface area contributed by atoms with Crippen LogP contribution < -0.4 is 9.47 Å². The van der Waals surface area contributed by atoms with Gasteiger partial charge in [-0.15, -0.1) is 0 Å². The molecule has 1 aromatic carbocycles. The number of nitrogens with zero attached hydrogens (tertiary/aromatic N) is 4. The lowest BCUT2D eigenvalue weighted by Crippen LogP contribution is -1.89. The number of hydrogen-bond acceptors (Lipinski definition) is 7. The predicted octanol–water partition coefficient (Wildman–Crippen LogP) is 3.36. The molecule has 0 spiro atoms. The van der Waals surface area contributed by atoms with E-state index in [1.165, 1.54) is 0 Å². The molecule has 0 saturated heterocycles. The van der Waals surface area contributed by atoms with E-state index in [2.05, 4.69) is 20.1 Å². The summed E-state index contributed by atoms with van der Waals surface area (Å²) in [7, 11) is 3.19. The third-order valence-electron chi connectivity index (χ3n) is 3.74. The number of methoxy groups -OCH3 is 2. The molecule has 124 valence electrons. The third kappa shape index (κ3) is 2.87. The molecule has 0 aliphatic heterocycles. The van der Waals surface area contributed by atoms with Crippen LogP contribution in [0, 0.1) is 0 Å². The van der Waals surface area contributed by atoms with Crippen molar-refractivity contribution >= 4 is 10.9 Å². The highest BCUT2D eigenvalue weighted by molar-refractivity contribution is 5.82. The van der Waals surface area contributed by atoms with Crippen molar-refractivity contribution in [1.29, 1.82) is 0 Å². The largest absolute Gasteiger partial charge is 0.497 e. The summed E-state index contributed by atoms with van der Waals surface area (Å²) < 4.78 is 15.7. The summed E-state index contributed by atoms with van der Waals surface area (Å²) in [6, 6.07) is 13.0. The second-order valence-corrected chi connectivity index (χ2v) is 5.27. The maximum atomic E-state index is 5.35. The van der Waals surface area contributed by atoms with Gasteiger partial charge in [-0.3, -0.25) is 0 Å². The fourth-order valence-corrected chi connectivity index (χ4v) is 2.45. The van der Waals surface area contributed by atoms with Crippen LogP contribution in [0.3, 0.4) is 0 Å². The Morgan fingerprint density at radius 1 is 0.920 bits per heavy atom. The maximum Gasteiger partial charge on any atom is 0.258 e. The summed E-state index contributed by atoms with van der Waals surface area (Å²) in [6.45, 7) is 0. The van der Waals surface area contributed by atoms with Crippen molar-refractivity contribution in [2.24, 2.45) is 0 Å². The molecule has 0 bridgehead atoms. The second kappa shape index (κ2) is 6.20. The van der Waals surface area contributed by atoms with Crippen LogP contribution in [0.25, 0.3) is 33.9 Å². The zero-order chi connectivity index (χ0) is 17.2. The van der Waals surface area contributed by atoms with Crippen LogP contribution in [0.2, 0.25) is 0 Å². The average molecular weight is 334 g/mol. The molecule has 7 heteroatoms. The number of benzene rings is 1. The fraction of sp³-hybridized carbons (Fsp3) is 0.111. The molecule has 25 heavy (non-hydrogen) atoms. The molecule has 0 fully saturated rings. The summed E-state index contributed by atoms with van der Waals surface area (Å²) in [6.07, 6.45) is 1.62. The normalized spacial score (nSPS) is 10.8. The summed E-state index contributed by atoms with van der Waals surface area (Å²) in [4.78, 5) is 13.1. The molecule has 0 atom stereocenters. The number of hydrogen-bond donors (Lipinski definition) is 0. The van der Waals surface area contributed by atoms with Gasteiger partial charge in [-0.25, -0.2) is 9.97 Å². The summed E-state index contributed by atoms with van der Waals surface area (Å²) in [5.74, 6) is 2.07. The Labute approximate surface area is 143 Å². The summed E-state index contributed by atoms with van der Waals surface area (Å²) in [5, 5.41) is 5.00. The predicted molar refractivity (Wildman–Crippen MR) is 91.4 cm³/mol. The lowest BCUT2D eigenvalue weighted by atomic mass is 10.2. The Morgan fingerprint density at radius 3 is 2.68 bits per heavy atom. The van der Waals surface area contributed by atoms with Gasteiger partial charge in [0, 0.05) is 23.2 Å². The lowest BCUT2D eigenvalue weighted by molar-refractivity contribution is 0.397. The first kappa shape index (κ1) is 15.1. The van der Waals surface area contributed by atoms with Gasteiger partial charge in [0.2, 0.25) is 11.7 Å². The van der Waals surface area contributed by atoms with Crippen molar-refractivity contribution in [2.75, 3.05) is 14.2 Å². The number of ether oxygens (including phenoxy) is 2. The monoisotopic (exact) mass is 334 g/mol. The van der Waals surface area contributed by atoms with Gasteiger partial charge in [-0.1, -0.05) is 11.2 Å². The van der Waals surface area contributed by atoms with Gasteiger partial charge >= 0.3 is 0 Å². The first-order valence-electron chi connectivity index (χ1n) is 7.56. The topological polar surface area (TPSA) is 83.2 Å². The number of pyridine rings is 2. The van der Waals surface area contributed by atoms with Crippen molar-refractivity contribution in [3.05, 3.63) is 48.7 Å². The molecule has 0 aliphatic carbocycles. The molecule has 0 aliphatic rings. The van der Waals surface area contributed by atoms with E-state index in [9.17, 15) is 0 Å². The second-order valence-electron chi connectivity index (χ2n) is 5.27. The van der Waals surface area contributed by atoms with Crippen molar-refractivity contribution in [2.45, 2.75) is 0 Å². The van der Waals surface area contributed by atoms with Crippen LogP contribution in [-0.4, -0.2) is 34.3 Å². The Morgan fingerprint density at radius 2 is 1.84 bits per heavy atom. The minimum absolute atomic E-state index is 0.382. The van der Waals surface area contributed by atoms with E-state index in [1.807, 2.05) is 30.3 Å². The minimum atomic E-state index is 0.382. The van der Waals surface area contributed by atoms with E-state index in [4.69, 9.17) is 14.0 Å². The van der Waals surface area contributed by atoms with Crippen molar-refractivity contribution < 1.29 is 14.0 Å². The number of rotatable bonds is 4. The van der Waals surface area contributed by atoms with Crippen LogP contribution in [0.4, 0.5) is 0 Å². The highest BCUT2D eigenvalue weighted by Crippen LogP contribution is 2.25. The lowest BCUT2D eigenvalue weighted by Gasteiger charge is -2.02. The van der Waals surface area contributed by atoms with E-state index in [0.717, 1.165) is 22.2 Å². The quantitative estimate of drug-likeness (QED) is 0.566. The Kier molecular flexibility index (Phi) is 3.74. The zero-order valence-electron chi connectivity index (χ0n) is 13.6. The van der Waals surface area contributed by atoms with Crippen LogP contribution in [0.5, 0.6) is 11.6 Å².